The third kappa shape index (κ3) is 5.26. The number of rotatable bonds is 7. The minimum absolute atomic E-state index is 0.297. The molecule has 1 unspecified atom stereocenters. The van der Waals surface area contributed by atoms with Crippen LogP contribution in [0.2, 0.25) is 0 Å². The number of nitrogens with one attached hydrogen (secondary N) is 2. The van der Waals surface area contributed by atoms with Crippen LogP contribution in [0.5, 0.6) is 5.75 Å². The first-order chi connectivity index (χ1) is 15.1. The van der Waals surface area contributed by atoms with Gasteiger partial charge in [0.25, 0.3) is 5.91 Å². The van der Waals surface area contributed by atoms with E-state index in [0.29, 0.717) is 17.3 Å². The first kappa shape index (κ1) is 20.6. The van der Waals surface area contributed by atoms with Crippen molar-refractivity contribution in [3.8, 4) is 5.75 Å². The molecule has 0 spiro atoms. The molecule has 1 atom stereocenters. The summed E-state index contributed by atoms with van der Waals surface area (Å²) in [6, 6.07) is 22.1. The van der Waals surface area contributed by atoms with Gasteiger partial charge in [0, 0.05) is 10.9 Å². The van der Waals surface area contributed by atoms with E-state index in [4.69, 9.17) is 4.74 Å². The molecule has 0 fully saturated rings. The van der Waals surface area contributed by atoms with Crippen molar-refractivity contribution in [1.82, 2.24) is 10.3 Å². The summed E-state index contributed by atoms with van der Waals surface area (Å²) in [5.41, 5.74) is 1.22. The van der Waals surface area contributed by atoms with Gasteiger partial charge in [-0.1, -0.05) is 48.5 Å². The Hall–Kier alpha value is -3.71. The minimum atomic E-state index is -0.700. The number of hydrogen-bond donors (Lipinski definition) is 2. The molecular formula is C24H21N3O3S. The number of aromatic nitrogens is 1. The summed E-state index contributed by atoms with van der Waals surface area (Å²) >= 11 is 1.31. The molecule has 0 saturated heterocycles. The van der Waals surface area contributed by atoms with E-state index in [0.717, 1.165) is 22.2 Å². The molecule has 0 aliphatic rings. The van der Waals surface area contributed by atoms with Gasteiger partial charge in [-0.15, -0.1) is 11.3 Å². The highest BCUT2D eigenvalue weighted by atomic mass is 32.1. The van der Waals surface area contributed by atoms with Gasteiger partial charge >= 0.3 is 0 Å². The summed E-state index contributed by atoms with van der Waals surface area (Å²) in [6.45, 7) is 1.93. The van der Waals surface area contributed by atoms with E-state index in [2.05, 4.69) is 21.7 Å². The Morgan fingerprint density at radius 2 is 1.74 bits per heavy atom. The van der Waals surface area contributed by atoms with Crippen LogP contribution in [0.1, 0.15) is 23.0 Å². The van der Waals surface area contributed by atoms with E-state index < -0.39 is 6.04 Å². The van der Waals surface area contributed by atoms with Crippen molar-refractivity contribution in [3.05, 3.63) is 89.4 Å². The third-order valence-corrected chi connectivity index (χ3v) is 5.47. The highest BCUT2D eigenvalue weighted by Gasteiger charge is 2.18. The number of nitrogens with zero attached hydrogens (tertiary/aromatic N) is 1. The number of hydrogen-bond acceptors (Lipinski definition) is 5. The quantitative estimate of drug-likeness (QED) is 0.447. The molecule has 2 amide bonds. The monoisotopic (exact) mass is 431 g/mol. The van der Waals surface area contributed by atoms with E-state index in [1.165, 1.54) is 11.3 Å². The van der Waals surface area contributed by atoms with Crippen molar-refractivity contribution in [3.63, 3.8) is 0 Å². The van der Waals surface area contributed by atoms with Crippen LogP contribution in [0.4, 0.5) is 5.13 Å². The molecular weight excluding hydrogens is 410 g/mol. The summed E-state index contributed by atoms with van der Waals surface area (Å²) < 4.78 is 5.84. The molecule has 6 nitrogen and oxygen atoms in total. The molecule has 0 radical (unpaired) electrons. The van der Waals surface area contributed by atoms with Gasteiger partial charge in [-0.05, 0) is 42.0 Å². The van der Waals surface area contributed by atoms with Crippen LogP contribution in [0.25, 0.3) is 10.8 Å². The lowest BCUT2D eigenvalue weighted by atomic mass is 10.1. The van der Waals surface area contributed by atoms with Gasteiger partial charge in [0.05, 0.1) is 5.69 Å². The van der Waals surface area contributed by atoms with Crippen molar-refractivity contribution < 1.29 is 14.3 Å². The zero-order chi connectivity index (χ0) is 21.6. The molecule has 0 aliphatic carbocycles. The summed E-state index contributed by atoms with van der Waals surface area (Å²) in [5.74, 6) is 0.127. The van der Waals surface area contributed by atoms with E-state index in [1.807, 2.05) is 47.8 Å². The van der Waals surface area contributed by atoms with Gasteiger partial charge in [0.2, 0.25) is 5.91 Å². The first-order valence-corrected chi connectivity index (χ1v) is 10.7. The van der Waals surface area contributed by atoms with E-state index >= 15 is 0 Å². The lowest BCUT2D eigenvalue weighted by Crippen LogP contribution is -2.41. The molecule has 3 aromatic carbocycles. The summed E-state index contributed by atoms with van der Waals surface area (Å²) in [7, 11) is 0. The fourth-order valence-electron chi connectivity index (χ4n) is 2.99. The Kier molecular flexibility index (Phi) is 6.24. The highest BCUT2D eigenvalue weighted by Crippen LogP contribution is 2.22. The zero-order valence-electron chi connectivity index (χ0n) is 16.9. The van der Waals surface area contributed by atoms with Crippen LogP contribution in [0.15, 0.2) is 78.2 Å². The number of carbonyl (C=O) groups excluding carboxylic acids is 2. The second kappa shape index (κ2) is 9.40. The highest BCUT2D eigenvalue weighted by molar-refractivity contribution is 7.13. The van der Waals surface area contributed by atoms with Crippen LogP contribution in [0.3, 0.4) is 0 Å². The fourth-order valence-corrected chi connectivity index (χ4v) is 3.69. The number of amides is 2. The molecule has 0 aliphatic heterocycles. The number of anilines is 1. The topological polar surface area (TPSA) is 80.3 Å². The van der Waals surface area contributed by atoms with Gasteiger partial charge in [0.1, 0.15) is 18.4 Å². The second-order valence-electron chi connectivity index (χ2n) is 6.99. The standard InChI is InChI=1S/C24H21N3O3S/c1-16(25-23(29)18-8-3-2-4-9-18)22(28)27-24-26-20(15-31-24)14-30-21-12-11-17-7-5-6-10-19(17)13-21/h2-13,15-16H,14H2,1H3,(H,25,29)(H,26,27,28). The maximum Gasteiger partial charge on any atom is 0.251 e. The Morgan fingerprint density at radius 3 is 2.55 bits per heavy atom. The van der Waals surface area contributed by atoms with Crippen molar-refractivity contribution in [2.24, 2.45) is 0 Å². The second-order valence-corrected chi connectivity index (χ2v) is 7.85. The van der Waals surface area contributed by atoms with E-state index in [1.54, 1.807) is 31.2 Å². The molecule has 156 valence electrons. The number of ether oxygens (including phenoxy) is 1. The number of thiazole rings is 1. The Balaban J connectivity index is 1.30. The van der Waals surface area contributed by atoms with Crippen molar-refractivity contribution in [1.29, 1.82) is 0 Å². The lowest BCUT2D eigenvalue weighted by molar-refractivity contribution is -0.117. The summed E-state index contributed by atoms with van der Waals surface area (Å²) in [4.78, 5) is 29.0. The molecule has 2 N–H and O–H groups in total. The van der Waals surface area contributed by atoms with Crippen molar-refractivity contribution >= 4 is 39.1 Å². The van der Waals surface area contributed by atoms with Gasteiger partial charge in [-0.25, -0.2) is 4.98 Å². The zero-order valence-corrected chi connectivity index (χ0v) is 17.7. The maximum absolute atomic E-state index is 12.4. The predicted octanol–water partition coefficient (Wildman–Crippen LogP) is 4.63. The molecule has 0 saturated carbocycles. The molecule has 4 aromatic rings. The van der Waals surface area contributed by atoms with Gasteiger partial charge in [-0.3, -0.25) is 9.59 Å². The number of fused-ring (bicyclic) bond motifs is 1. The average molecular weight is 432 g/mol. The van der Waals surface area contributed by atoms with Crippen molar-refractivity contribution in [2.45, 2.75) is 19.6 Å². The average Bonchev–Trinajstić information content (AvgIpc) is 3.25. The smallest absolute Gasteiger partial charge is 0.251 e. The maximum atomic E-state index is 12.4. The normalized spacial score (nSPS) is 11.6. The first-order valence-electron chi connectivity index (χ1n) is 9.81. The van der Waals surface area contributed by atoms with Crippen LogP contribution in [-0.2, 0) is 11.4 Å². The molecule has 31 heavy (non-hydrogen) atoms. The van der Waals surface area contributed by atoms with E-state index in [9.17, 15) is 9.59 Å². The number of benzene rings is 3. The number of carbonyl (C=O) groups is 2. The van der Waals surface area contributed by atoms with Crippen LogP contribution < -0.4 is 15.4 Å². The molecule has 1 aromatic heterocycles. The van der Waals surface area contributed by atoms with Gasteiger partial charge < -0.3 is 15.4 Å². The molecule has 7 heteroatoms. The van der Waals surface area contributed by atoms with Crippen LogP contribution in [-0.4, -0.2) is 22.8 Å². The van der Waals surface area contributed by atoms with Gasteiger partial charge in [0.15, 0.2) is 5.13 Å². The third-order valence-electron chi connectivity index (χ3n) is 4.67. The molecule has 4 rings (SSSR count). The largest absolute Gasteiger partial charge is 0.487 e. The van der Waals surface area contributed by atoms with Crippen LogP contribution >= 0.6 is 11.3 Å². The van der Waals surface area contributed by atoms with Gasteiger partial charge in [-0.2, -0.15) is 0 Å². The molecule has 1 heterocycles. The lowest BCUT2D eigenvalue weighted by Gasteiger charge is -2.13. The van der Waals surface area contributed by atoms with Crippen molar-refractivity contribution in [2.75, 3.05) is 5.32 Å². The predicted molar refractivity (Wildman–Crippen MR) is 122 cm³/mol. The minimum Gasteiger partial charge on any atom is -0.487 e. The Morgan fingerprint density at radius 1 is 1.00 bits per heavy atom. The van der Waals surface area contributed by atoms with E-state index in [-0.39, 0.29) is 11.8 Å². The Labute approximate surface area is 183 Å². The van der Waals surface area contributed by atoms with Crippen LogP contribution in [0, 0.1) is 0 Å². The SMILES string of the molecule is CC(NC(=O)c1ccccc1)C(=O)Nc1nc(COc2ccc3ccccc3c2)cs1. The summed E-state index contributed by atoms with van der Waals surface area (Å²) in [5, 5.41) is 9.99. The Bertz CT molecular complexity index is 1210. The summed E-state index contributed by atoms with van der Waals surface area (Å²) in [6.07, 6.45) is 0. The molecule has 0 bridgehead atoms. The fraction of sp³-hybridized carbons (Fsp3) is 0.125.